The molecular formula is C13H24N4O3. The maximum atomic E-state index is 12.4. The van der Waals surface area contributed by atoms with Crippen LogP contribution in [0.3, 0.4) is 0 Å². The van der Waals surface area contributed by atoms with Gasteiger partial charge in [-0.3, -0.25) is 9.69 Å². The summed E-state index contributed by atoms with van der Waals surface area (Å²) in [5, 5.41) is 8.82. The molecule has 0 aromatic heterocycles. The van der Waals surface area contributed by atoms with E-state index in [1.165, 1.54) is 0 Å². The van der Waals surface area contributed by atoms with Crippen LogP contribution in [0.4, 0.5) is 4.79 Å². The van der Waals surface area contributed by atoms with E-state index in [0.717, 1.165) is 32.4 Å². The maximum Gasteiger partial charge on any atom is 0.320 e. The predicted molar refractivity (Wildman–Crippen MR) is 74.4 cm³/mol. The molecule has 0 bridgehead atoms. The van der Waals surface area contributed by atoms with Crippen molar-refractivity contribution in [2.75, 3.05) is 45.8 Å². The standard InChI is InChI=1S/C13H24N4O3/c14-11-3-1-5-17(9-11)13(20)16-6-2-4-15(7-8-16)10-12(18)19/h11H,1-10,14H2,(H,18,19). The van der Waals surface area contributed by atoms with Gasteiger partial charge in [0, 0.05) is 45.3 Å². The number of carboxylic acids is 1. The number of nitrogens with two attached hydrogens (primary N) is 1. The second-order valence-electron chi connectivity index (χ2n) is 5.64. The Bertz CT molecular complexity index is 364. The van der Waals surface area contributed by atoms with E-state index in [4.69, 9.17) is 10.8 Å². The second kappa shape index (κ2) is 6.90. The van der Waals surface area contributed by atoms with Gasteiger partial charge in [0.1, 0.15) is 0 Å². The Morgan fingerprint density at radius 1 is 1.05 bits per heavy atom. The van der Waals surface area contributed by atoms with Crippen LogP contribution in [-0.4, -0.2) is 83.7 Å². The fourth-order valence-corrected chi connectivity index (χ4v) is 2.90. The molecular weight excluding hydrogens is 260 g/mol. The van der Waals surface area contributed by atoms with Gasteiger partial charge in [-0.2, -0.15) is 0 Å². The van der Waals surface area contributed by atoms with E-state index < -0.39 is 5.97 Å². The van der Waals surface area contributed by atoms with Crippen molar-refractivity contribution in [3.8, 4) is 0 Å². The molecule has 0 aromatic carbocycles. The van der Waals surface area contributed by atoms with Crippen LogP contribution in [0.2, 0.25) is 0 Å². The zero-order chi connectivity index (χ0) is 14.5. The van der Waals surface area contributed by atoms with Gasteiger partial charge in [0.25, 0.3) is 0 Å². The summed E-state index contributed by atoms with van der Waals surface area (Å²) in [6.45, 7) is 4.11. The third-order valence-electron chi connectivity index (χ3n) is 3.95. The fraction of sp³-hybridized carbons (Fsp3) is 0.846. The van der Waals surface area contributed by atoms with Crippen molar-refractivity contribution in [1.82, 2.24) is 14.7 Å². The average Bonchev–Trinajstić information content (AvgIpc) is 2.63. The van der Waals surface area contributed by atoms with E-state index in [1.54, 1.807) is 0 Å². The molecule has 2 aliphatic heterocycles. The van der Waals surface area contributed by atoms with E-state index in [1.807, 2.05) is 14.7 Å². The van der Waals surface area contributed by atoms with E-state index in [-0.39, 0.29) is 18.6 Å². The van der Waals surface area contributed by atoms with Gasteiger partial charge in [-0.15, -0.1) is 0 Å². The summed E-state index contributed by atoms with van der Waals surface area (Å²) in [6, 6.07) is 0.139. The normalized spacial score (nSPS) is 25.4. The predicted octanol–water partition coefficient (Wildman–Crippen LogP) is -0.378. The lowest BCUT2D eigenvalue weighted by Gasteiger charge is -2.35. The highest BCUT2D eigenvalue weighted by molar-refractivity contribution is 5.74. The molecule has 20 heavy (non-hydrogen) atoms. The van der Waals surface area contributed by atoms with Gasteiger partial charge in [-0.05, 0) is 19.3 Å². The van der Waals surface area contributed by atoms with Crippen LogP contribution in [0.5, 0.6) is 0 Å². The third-order valence-corrected chi connectivity index (χ3v) is 3.95. The van der Waals surface area contributed by atoms with Crippen LogP contribution in [0.1, 0.15) is 19.3 Å². The average molecular weight is 284 g/mol. The number of urea groups is 1. The van der Waals surface area contributed by atoms with E-state index in [0.29, 0.717) is 26.2 Å². The minimum absolute atomic E-state index is 0.0522. The smallest absolute Gasteiger partial charge is 0.320 e. The molecule has 1 unspecified atom stereocenters. The SMILES string of the molecule is NC1CCCN(C(=O)N2CCCN(CC(=O)O)CC2)C1. The summed E-state index contributed by atoms with van der Waals surface area (Å²) in [6.07, 6.45) is 2.76. The molecule has 2 rings (SSSR count). The van der Waals surface area contributed by atoms with Gasteiger partial charge in [0.05, 0.1) is 6.54 Å². The highest BCUT2D eigenvalue weighted by Crippen LogP contribution is 2.12. The van der Waals surface area contributed by atoms with Crippen molar-refractivity contribution >= 4 is 12.0 Å². The van der Waals surface area contributed by atoms with Crippen LogP contribution in [0.25, 0.3) is 0 Å². The van der Waals surface area contributed by atoms with Crippen molar-refractivity contribution in [2.24, 2.45) is 5.73 Å². The summed E-state index contributed by atoms with van der Waals surface area (Å²) in [4.78, 5) is 28.7. The van der Waals surface area contributed by atoms with Crippen LogP contribution in [0.15, 0.2) is 0 Å². The summed E-state index contributed by atoms with van der Waals surface area (Å²) < 4.78 is 0. The van der Waals surface area contributed by atoms with Gasteiger partial charge < -0.3 is 20.6 Å². The number of amides is 2. The summed E-state index contributed by atoms with van der Waals surface area (Å²) in [5.74, 6) is -0.813. The molecule has 1 atom stereocenters. The number of likely N-dealkylation sites (tertiary alicyclic amines) is 1. The van der Waals surface area contributed by atoms with Gasteiger partial charge >= 0.3 is 12.0 Å². The first-order chi connectivity index (χ1) is 9.56. The first-order valence-electron chi connectivity index (χ1n) is 7.30. The Morgan fingerprint density at radius 3 is 2.50 bits per heavy atom. The molecule has 0 aromatic rings. The Kier molecular flexibility index (Phi) is 5.19. The van der Waals surface area contributed by atoms with Gasteiger partial charge in [0.15, 0.2) is 0 Å². The second-order valence-corrected chi connectivity index (χ2v) is 5.64. The number of aliphatic carboxylic acids is 1. The first kappa shape index (κ1) is 15.1. The van der Waals surface area contributed by atoms with E-state index >= 15 is 0 Å². The molecule has 2 amide bonds. The molecule has 0 aliphatic carbocycles. The van der Waals surface area contributed by atoms with Crippen LogP contribution in [0, 0.1) is 0 Å². The Balaban J connectivity index is 1.86. The largest absolute Gasteiger partial charge is 0.480 e. The van der Waals surface area contributed by atoms with Crippen molar-refractivity contribution in [1.29, 1.82) is 0 Å². The number of nitrogens with zero attached hydrogens (tertiary/aromatic N) is 3. The van der Waals surface area contributed by atoms with Gasteiger partial charge in [-0.1, -0.05) is 0 Å². The van der Waals surface area contributed by atoms with Crippen molar-refractivity contribution in [2.45, 2.75) is 25.3 Å². The molecule has 2 fully saturated rings. The quantitative estimate of drug-likeness (QED) is 0.721. The van der Waals surface area contributed by atoms with Crippen LogP contribution < -0.4 is 5.73 Å². The molecule has 114 valence electrons. The summed E-state index contributed by atoms with van der Waals surface area (Å²) in [5.41, 5.74) is 5.91. The topological polar surface area (TPSA) is 90.1 Å². The van der Waals surface area contributed by atoms with Gasteiger partial charge in [-0.25, -0.2) is 4.79 Å². The molecule has 0 saturated carbocycles. The molecule has 2 aliphatic rings. The number of piperidine rings is 1. The number of hydrogen-bond donors (Lipinski definition) is 2. The molecule has 2 heterocycles. The lowest BCUT2D eigenvalue weighted by Crippen LogP contribution is -2.51. The zero-order valence-corrected chi connectivity index (χ0v) is 11.8. The number of carboxylic acid groups (broad SMARTS) is 1. The third kappa shape index (κ3) is 4.08. The van der Waals surface area contributed by atoms with E-state index in [9.17, 15) is 9.59 Å². The van der Waals surface area contributed by atoms with Gasteiger partial charge in [0.2, 0.25) is 0 Å². The highest BCUT2D eigenvalue weighted by atomic mass is 16.4. The molecule has 0 spiro atoms. The lowest BCUT2D eigenvalue weighted by atomic mass is 10.1. The number of carbonyl (C=O) groups excluding carboxylic acids is 1. The van der Waals surface area contributed by atoms with Crippen LogP contribution >= 0.6 is 0 Å². The minimum Gasteiger partial charge on any atom is -0.480 e. The highest BCUT2D eigenvalue weighted by Gasteiger charge is 2.27. The Labute approximate surface area is 119 Å². The molecule has 0 radical (unpaired) electrons. The molecule has 3 N–H and O–H groups in total. The van der Waals surface area contributed by atoms with E-state index in [2.05, 4.69) is 0 Å². The number of rotatable bonds is 2. The van der Waals surface area contributed by atoms with Crippen molar-refractivity contribution in [3.63, 3.8) is 0 Å². The fourth-order valence-electron chi connectivity index (χ4n) is 2.90. The summed E-state index contributed by atoms with van der Waals surface area (Å²) >= 11 is 0. The van der Waals surface area contributed by atoms with Crippen LogP contribution in [-0.2, 0) is 4.79 Å². The Hall–Kier alpha value is -1.34. The maximum absolute atomic E-state index is 12.4. The molecule has 7 heteroatoms. The number of carbonyl (C=O) groups is 2. The first-order valence-corrected chi connectivity index (χ1v) is 7.30. The Morgan fingerprint density at radius 2 is 1.80 bits per heavy atom. The monoisotopic (exact) mass is 284 g/mol. The molecule has 7 nitrogen and oxygen atoms in total. The summed E-state index contributed by atoms with van der Waals surface area (Å²) in [7, 11) is 0. The lowest BCUT2D eigenvalue weighted by molar-refractivity contribution is -0.138. The van der Waals surface area contributed by atoms with Crippen molar-refractivity contribution in [3.05, 3.63) is 0 Å². The zero-order valence-electron chi connectivity index (χ0n) is 11.8. The number of hydrogen-bond acceptors (Lipinski definition) is 4. The minimum atomic E-state index is -0.813. The van der Waals surface area contributed by atoms with Crippen molar-refractivity contribution < 1.29 is 14.7 Å². The molecule has 2 saturated heterocycles.